The van der Waals surface area contributed by atoms with Crippen LogP contribution < -0.4 is 4.90 Å². The summed E-state index contributed by atoms with van der Waals surface area (Å²) in [6, 6.07) is 9.79. The van der Waals surface area contributed by atoms with Crippen LogP contribution in [0.15, 0.2) is 47.4 Å². The van der Waals surface area contributed by atoms with Crippen LogP contribution in [0.5, 0.6) is 0 Å². The number of halogens is 3. The molecule has 144 valence electrons. The number of alkyl halides is 2. The molecule has 1 atom stereocenters. The smallest absolute Gasteiger partial charge is 0.341 e. The van der Waals surface area contributed by atoms with Gasteiger partial charge in [0.2, 0.25) is 9.84 Å². The van der Waals surface area contributed by atoms with E-state index in [2.05, 4.69) is 0 Å². The number of nitrogens with zero attached hydrogens (tertiary/aromatic N) is 2. The normalized spacial score (nSPS) is 17.5. The molecule has 0 radical (unpaired) electrons. The van der Waals surface area contributed by atoms with Crippen LogP contribution in [0, 0.1) is 10.1 Å². The first-order valence-electron chi connectivity index (χ1n) is 8.05. The highest BCUT2D eigenvalue weighted by atomic mass is 35.5. The van der Waals surface area contributed by atoms with Crippen molar-refractivity contribution in [2.75, 3.05) is 11.4 Å². The average Bonchev–Trinajstić information content (AvgIpc) is 3.10. The van der Waals surface area contributed by atoms with E-state index >= 15 is 0 Å². The van der Waals surface area contributed by atoms with E-state index in [1.807, 2.05) is 12.1 Å². The van der Waals surface area contributed by atoms with Gasteiger partial charge in [0.25, 0.3) is 5.69 Å². The fourth-order valence-electron chi connectivity index (χ4n) is 3.30. The maximum Gasteiger partial charge on any atom is 0.341 e. The molecule has 27 heavy (non-hydrogen) atoms. The summed E-state index contributed by atoms with van der Waals surface area (Å²) in [5, 5.41) is 12.0. The lowest BCUT2D eigenvalue weighted by molar-refractivity contribution is -0.384. The lowest BCUT2D eigenvalue weighted by Crippen LogP contribution is -2.24. The summed E-state index contributed by atoms with van der Waals surface area (Å²) in [5.74, 6) is -3.65. The minimum atomic E-state index is -4.92. The Labute approximate surface area is 159 Å². The van der Waals surface area contributed by atoms with Crippen LogP contribution in [-0.4, -0.2) is 25.6 Å². The Bertz CT molecular complexity index is 985. The van der Waals surface area contributed by atoms with Gasteiger partial charge in [-0.1, -0.05) is 29.8 Å². The Balaban J connectivity index is 2.08. The molecule has 1 aliphatic rings. The van der Waals surface area contributed by atoms with Crippen molar-refractivity contribution < 1.29 is 22.1 Å². The Morgan fingerprint density at radius 3 is 2.56 bits per heavy atom. The quantitative estimate of drug-likeness (QED) is 0.526. The van der Waals surface area contributed by atoms with Crippen LogP contribution in [0.2, 0.25) is 5.02 Å². The van der Waals surface area contributed by atoms with Gasteiger partial charge in [0.05, 0.1) is 15.9 Å². The summed E-state index contributed by atoms with van der Waals surface area (Å²) in [6.07, 6.45) is 1.46. The highest BCUT2D eigenvalue weighted by Crippen LogP contribution is 2.43. The Morgan fingerprint density at radius 2 is 1.93 bits per heavy atom. The fraction of sp³-hybridized carbons (Fsp3) is 0.294. The van der Waals surface area contributed by atoms with Crippen LogP contribution >= 0.6 is 11.6 Å². The average molecular weight is 417 g/mol. The first kappa shape index (κ1) is 19.5. The minimum absolute atomic E-state index is 0.177. The first-order valence-corrected chi connectivity index (χ1v) is 9.97. The van der Waals surface area contributed by atoms with Gasteiger partial charge in [-0.05, 0) is 36.6 Å². The predicted molar refractivity (Wildman–Crippen MR) is 97.1 cm³/mol. The van der Waals surface area contributed by atoms with Crippen LogP contribution in [0.1, 0.15) is 24.4 Å². The topological polar surface area (TPSA) is 80.5 Å². The SMILES string of the molecule is O=[N+]([O-])c1cc(S(=O)(=O)C(F)F)ccc1N1CCCC1c1ccccc1Cl. The molecule has 1 unspecified atom stereocenters. The molecule has 3 rings (SSSR count). The van der Waals surface area contributed by atoms with Gasteiger partial charge < -0.3 is 4.90 Å². The van der Waals surface area contributed by atoms with Gasteiger partial charge in [0.1, 0.15) is 5.69 Å². The summed E-state index contributed by atoms with van der Waals surface area (Å²) in [4.78, 5) is 11.7. The van der Waals surface area contributed by atoms with E-state index in [1.165, 1.54) is 6.07 Å². The van der Waals surface area contributed by atoms with Gasteiger partial charge in [-0.25, -0.2) is 8.42 Å². The van der Waals surface area contributed by atoms with Gasteiger partial charge in [0, 0.05) is 17.6 Å². The molecule has 0 bridgehead atoms. The zero-order chi connectivity index (χ0) is 19.8. The number of hydrogen-bond donors (Lipinski definition) is 0. The monoisotopic (exact) mass is 416 g/mol. The van der Waals surface area contributed by atoms with Crippen molar-refractivity contribution >= 4 is 32.8 Å². The predicted octanol–water partition coefficient (Wildman–Crippen LogP) is 4.59. The second-order valence-corrected chi connectivity index (χ2v) is 8.41. The lowest BCUT2D eigenvalue weighted by atomic mass is 10.0. The maximum absolute atomic E-state index is 12.8. The number of nitro benzene ring substituents is 1. The van der Waals surface area contributed by atoms with Crippen molar-refractivity contribution in [3.8, 4) is 0 Å². The molecule has 1 heterocycles. The molecule has 1 saturated heterocycles. The molecule has 1 aliphatic heterocycles. The highest BCUT2D eigenvalue weighted by Gasteiger charge is 2.34. The van der Waals surface area contributed by atoms with E-state index in [-0.39, 0.29) is 11.7 Å². The zero-order valence-corrected chi connectivity index (χ0v) is 15.5. The van der Waals surface area contributed by atoms with Crippen molar-refractivity contribution in [3.05, 3.63) is 63.2 Å². The molecule has 2 aromatic carbocycles. The summed E-state index contributed by atoms with van der Waals surface area (Å²) in [7, 11) is -4.92. The number of nitro groups is 1. The van der Waals surface area contributed by atoms with Crippen LogP contribution in [0.25, 0.3) is 0 Å². The molecule has 0 N–H and O–H groups in total. The summed E-state index contributed by atoms with van der Waals surface area (Å²) >= 11 is 6.26. The van der Waals surface area contributed by atoms with Gasteiger partial charge in [0.15, 0.2) is 0 Å². The molecule has 0 spiro atoms. The number of hydrogen-bond acceptors (Lipinski definition) is 5. The molecule has 0 aromatic heterocycles. The summed E-state index contributed by atoms with van der Waals surface area (Å²) in [5.41, 5.74) is 0.446. The second-order valence-electron chi connectivity index (χ2n) is 6.09. The van der Waals surface area contributed by atoms with Crippen LogP contribution in [0.3, 0.4) is 0 Å². The molecule has 0 aliphatic carbocycles. The van der Waals surface area contributed by atoms with Crippen molar-refractivity contribution in [2.24, 2.45) is 0 Å². The molecular weight excluding hydrogens is 402 g/mol. The standard InChI is InChI=1S/C17H15ClF2N2O4S/c18-13-5-2-1-4-12(13)14-6-3-9-21(14)15-8-7-11(10-16(15)22(23)24)27(25,26)17(19)20/h1-2,4-5,7-8,10,14,17H,3,6,9H2. The number of anilines is 1. The van der Waals surface area contributed by atoms with Crippen molar-refractivity contribution in [1.29, 1.82) is 0 Å². The van der Waals surface area contributed by atoms with Gasteiger partial charge >= 0.3 is 5.76 Å². The Morgan fingerprint density at radius 1 is 1.22 bits per heavy atom. The number of benzene rings is 2. The molecule has 10 heteroatoms. The molecule has 0 amide bonds. The molecule has 1 fully saturated rings. The summed E-state index contributed by atoms with van der Waals surface area (Å²) < 4.78 is 48.9. The van der Waals surface area contributed by atoms with E-state index in [0.717, 1.165) is 18.1 Å². The van der Waals surface area contributed by atoms with Gasteiger partial charge in [-0.3, -0.25) is 10.1 Å². The van der Waals surface area contributed by atoms with Gasteiger partial charge in [-0.15, -0.1) is 0 Å². The Hall–Kier alpha value is -2.26. The van der Waals surface area contributed by atoms with Crippen molar-refractivity contribution in [3.63, 3.8) is 0 Å². The molecular formula is C17H15ClF2N2O4S. The van der Waals surface area contributed by atoms with E-state index in [1.54, 1.807) is 17.0 Å². The van der Waals surface area contributed by atoms with E-state index < -0.39 is 31.1 Å². The first-order chi connectivity index (χ1) is 12.7. The second kappa shape index (κ2) is 7.40. The third kappa shape index (κ3) is 3.61. The van der Waals surface area contributed by atoms with Crippen LogP contribution in [0.4, 0.5) is 20.2 Å². The molecule has 0 saturated carbocycles. The fourth-order valence-corrected chi connectivity index (χ4v) is 4.30. The summed E-state index contributed by atoms with van der Waals surface area (Å²) in [6.45, 7) is 0.498. The molecule has 2 aromatic rings. The van der Waals surface area contributed by atoms with Crippen LogP contribution in [-0.2, 0) is 9.84 Å². The van der Waals surface area contributed by atoms with E-state index in [0.29, 0.717) is 24.1 Å². The Kier molecular flexibility index (Phi) is 5.34. The largest absolute Gasteiger partial charge is 0.359 e. The van der Waals surface area contributed by atoms with Gasteiger partial charge in [-0.2, -0.15) is 8.78 Å². The van der Waals surface area contributed by atoms with E-state index in [9.17, 15) is 27.3 Å². The lowest BCUT2D eigenvalue weighted by Gasteiger charge is -2.27. The van der Waals surface area contributed by atoms with Crippen molar-refractivity contribution in [1.82, 2.24) is 0 Å². The van der Waals surface area contributed by atoms with E-state index in [4.69, 9.17) is 11.6 Å². The highest BCUT2D eigenvalue weighted by molar-refractivity contribution is 7.91. The van der Waals surface area contributed by atoms with Crippen molar-refractivity contribution in [2.45, 2.75) is 29.5 Å². The maximum atomic E-state index is 12.8. The third-order valence-electron chi connectivity index (χ3n) is 4.53. The molecule has 6 nitrogen and oxygen atoms in total. The third-order valence-corrected chi connectivity index (χ3v) is 6.26. The minimum Gasteiger partial charge on any atom is -0.359 e. The zero-order valence-electron chi connectivity index (χ0n) is 13.9. The number of sulfone groups is 1. The number of rotatable bonds is 5.